The van der Waals surface area contributed by atoms with E-state index in [0.29, 0.717) is 11.3 Å². The molecule has 8 heteroatoms. The minimum absolute atomic E-state index is 0.0260. The van der Waals surface area contributed by atoms with Gasteiger partial charge in [0.15, 0.2) is 5.76 Å². The number of rotatable bonds is 6. The topological polar surface area (TPSA) is 114 Å². The van der Waals surface area contributed by atoms with Crippen molar-refractivity contribution in [3.8, 4) is 0 Å². The maximum absolute atomic E-state index is 12.8. The van der Waals surface area contributed by atoms with Crippen molar-refractivity contribution in [2.75, 3.05) is 5.32 Å². The van der Waals surface area contributed by atoms with E-state index in [1.807, 2.05) is 19.1 Å². The molecule has 0 saturated carbocycles. The molecule has 2 N–H and O–H groups in total. The van der Waals surface area contributed by atoms with Gasteiger partial charge in [0, 0.05) is 17.8 Å². The third-order valence-corrected chi connectivity index (χ3v) is 3.94. The molecule has 0 spiro atoms. The third kappa shape index (κ3) is 5.16. The van der Waals surface area contributed by atoms with Crippen molar-refractivity contribution in [1.82, 2.24) is 5.32 Å². The number of carbonyl (C=O) groups is 2. The zero-order valence-corrected chi connectivity index (χ0v) is 15.4. The van der Waals surface area contributed by atoms with Gasteiger partial charge in [-0.2, -0.15) is 0 Å². The van der Waals surface area contributed by atoms with Crippen molar-refractivity contribution < 1.29 is 18.9 Å². The monoisotopic (exact) mass is 391 g/mol. The SMILES string of the molecule is Cc1ccc(NC(=O)C(=Cc2cccc([N+](=O)[O-])c2)NC(=O)c2ccco2)cc1. The fraction of sp³-hybridized carbons (Fsp3) is 0.0476. The summed E-state index contributed by atoms with van der Waals surface area (Å²) < 4.78 is 5.05. The molecule has 0 aliphatic rings. The van der Waals surface area contributed by atoms with Crippen LogP contribution in [0.15, 0.2) is 77.0 Å². The fourth-order valence-electron chi connectivity index (χ4n) is 2.48. The minimum atomic E-state index is -0.620. The Morgan fingerprint density at radius 1 is 1.07 bits per heavy atom. The van der Waals surface area contributed by atoms with Crippen LogP contribution < -0.4 is 10.6 Å². The number of nitrogens with zero attached hydrogens (tertiary/aromatic N) is 1. The van der Waals surface area contributed by atoms with E-state index in [-0.39, 0.29) is 17.1 Å². The number of nitrogens with one attached hydrogen (secondary N) is 2. The van der Waals surface area contributed by atoms with Gasteiger partial charge in [-0.05, 0) is 42.8 Å². The zero-order valence-electron chi connectivity index (χ0n) is 15.4. The fourth-order valence-corrected chi connectivity index (χ4v) is 2.48. The second kappa shape index (κ2) is 8.66. The summed E-state index contributed by atoms with van der Waals surface area (Å²) in [5, 5.41) is 16.2. The van der Waals surface area contributed by atoms with Gasteiger partial charge < -0.3 is 15.1 Å². The zero-order chi connectivity index (χ0) is 20.8. The van der Waals surface area contributed by atoms with Crippen LogP contribution >= 0.6 is 0 Å². The summed E-state index contributed by atoms with van der Waals surface area (Å²) in [6.07, 6.45) is 2.70. The smallest absolute Gasteiger partial charge is 0.291 e. The van der Waals surface area contributed by atoms with Gasteiger partial charge in [0.1, 0.15) is 5.70 Å². The number of anilines is 1. The molecule has 0 radical (unpaired) electrons. The first-order valence-corrected chi connectivity index (χ1v) is 8.61. The van der Waals surface area contributed by atoms with Crippen LogP contribution in [0.3, 0.4) is 0 Å². The summed E-state index contributed by atoms with van der Waals surface area (Å²) in [7, 11) is 0. The summed E-state index contributed by atoms with van der Waals surface area (Å²) in [6.45, 7) is 1.92. The van der Waals surface area contributed by atoms with Gasteiger partial charge in [0.25, 0.3) is 17.5 Å². The molecule has 0 saturated heterocycles. The lowest BCUT2D eigenvalue weighted by Crippen LogP contribution is -2.30. The highest BCUT2D eigenvalue weighted by Crippen LogP contribution is 2.17. The number of hydrogen-bond donors (Lipinski definition) is 2. The van der Waals surface area contributed by atoms with Crippen LogP contribution in [0.4, 0.5) is 11.4 Å². The van der Waals surface area contributed by atoms with Gasteiger partial charge in [-0.15, -0.1) is 0 Å². The van der Waals surface area contributed by atoms with Gasteiger partial charge in [0.05, 0.1) is 11.2 Å². The molecule has 0 atom stereocenters. The number of amides is 2. The Balaban J connectivity index is 1.91. The van der Waals surface area contributed by atoms with Crippen molar-refractivity contribution in [2.24, 2.45) is 0 Å². The number of non-ortho nitro benzene ring substituents is 1. The third-order valence-electron chi connectivity index (χ3n) is 3.94. The maximum Gasteiger partial charge on any atom is 0.291 e. The van der Waals surface area contributed by atoms with E-state index in [9.17, 15) is 19.7 Å². The van der Waals surface area contributed by atoms with Crippen molar-refractivity contribution in [2.45, 2.75) is 6.92 Å². The van der Waals surface area contributed by atoms with E-state index in [1.165, 1.54) is 36.6 Å². The Morgan fingerprint density at radius 3 is 2.48 bits per heavy atom. The van der Waals surface area contributed by atoms with E-state index in [1.54, 1.807) is 24.3 Å². The molecule has 2 amide bonds. The van der Waals surface area contributed by atoms with E-state index >= 15 is 0 Å². The first-order valence-electron chi connectivity index (χ1n) is 8.61. The summed E-state index contributed by atoms with van der Waals surface area (Å²) in [4.78, 5) is 35.6. The van der Waals surface area contributed by atoms with Gasteiger partial charge in [-0.3, -0.25) is 19.7 Å². The molecule has 8 nitrogen and oxygen atoms in total. The Labute approximate surface area is 166 Å². The van der Waals surface area contributed by atoms with E-state index in [2.05, 4.69) is 10.6 Å². The highest BCUT2D eigenvalue weighted by Gasteiger charge is 2.17. The molecule has 29 heavy (non-hydrogen) atoms. The van der Waals surface area contributed by atoms with Crippen molar-refractivity contribution >= 4 is 29.3 Å². The van der Waals surface area contributed by atoms with Crippen LogP contribution in [-0.4, -0.2) is 16.7 Å². The lowest BCUT2D eigenvalue weighted by molar-refractivity contribution is -0.384. The molecule has 0 fully saturated rings. The average molecular weight is 391 g/mol. The predicted molar refractivity (Wildman–Crippen MR) is 107 cm³/mol. The molecular weight excluding hydrogens is 374 g/mol. The predicted octanol–water partition coefficient (Wildman–Crippen LogP) is 3.91. The Kier molecular flexibility index (Phi) is 5.84. The van der Waals surface area contributed by atoms with Crippen molar-refractivity contribution in [3.05, 3.63) is 99.6 Å². The number of nitro groups is 1. The summed E-state index contributed by atoms with van der Waals surface area (Å²) in [5.74, 6) is -1.18. The van der Waals surface area contributed by atoms with Crippen LogP contribution in [0, 0.1) is 17.0 Å². The van der Waals surface area contributed by atoms with E-state index in [4.69, 9.17) is 4.42 Å². The quantitative estimate of drug-likeness (QED) is 0.376. The summed E-state index contributed by atoms with van der Waals surface area (Å²) >= 11 is 0. The second-order valence-electron chi connectivity index (χ2n) is 6.16. The molecule has 146 valence electrons. The molecule has 1 aromatic heterocycles. The standard InChI is InChI=1S/C21H17N3O5/c1-14-7-9-16(10-8-14)22-20(25)18(23-21(26)19-6-3-11-29-19)13-15-4-2-5-17(12-15)24(27)28/h2-13H,1H3,(H,22,25)(H,23,26). The molecule has 1 heterocycles. The normalized spacial score (nSPS) is 11.0. The summed E-state index contributed by atoms with van der Waals surface area (Å²) in [6, 6.07) is 15.9. The van der Waals surface area contributed by atoms with Crippen molar-refractivity contribution in [3.63, 3.8) is 0 Å². The van der Waals surface area contributed by atoms with Crippen molar-refractivity contribution in [1.29, 1.82) is 0 Å². The lowest BCUT2D eigenvalue weighted by Gasteiger charge is -2.10. The number of benzene rings is 2. The van der Waals surface area contributed by atoms with Crippen LogP contribution in [0.25, 0.3) is 6.08 Å². The van der Waals surface area contributed by atoms with E-state index < -0.39 is 16.7 Å². The average Bonchev–Trinajstić information content (AvgIpc) is 3.24. The number of nitro benzene ring substituents is 1. The molecule has 0 aliphatic carbocycles. The van der Waals surface area contributed by atoms with Gasteiger partial charge in [0.2, 0.25) is 0 Å². The van der Waals surface area contributed by atoms with Crippen LogP contribution in [-0.2, 0) is 4.79 Å². The van der Waals surface area contributed by atoms with Gasteiger partial charge in [-0.25, -0.2) is 0 Å². The molecular formula is C21H17N3O5. The first-order chi connectivity index (χ1) is 13.9. The molecule has 3 aromatic rings. The van der Waals surface area contributed by atoms with Gasteiger partial charge in [-0.1, -0.05) is 29.8 Å². The molecule has 0 unspecified atom stereocenters. The molecule has 3 rings (SSSR count). The highest BCUT2D eigenvalue weighted by atomic mass is 16.6. The maximum atomic E-state index is 12.8. The lowest BCUT2D eigenvalue weighted by atomic mass is 10.1. The molecule has 0 bridgehead atoms. The second-order valence-corrected chi connectivity index (χ2v) is 6.16. The van der Waals surface area contributed by atoms with Crippen LogP contribution in [0.5, 0.6) is 0 Å². The molecule has 2 aromatic carbocycles. The number of carbonyl (C=O) groups excluding carboxylic acids is 2. The molecule has 0 aliphatic heterocycles. The number of aryl methyl sites for hydroxylation is 1. The number of furan rings is 1. The van der Waals surface area contributed by atoms with Crippen LogP contribution in [0.1, 0.15) is 21.7 Å². The first kappa shape index (κ1) is 19.6. The minimum Gasteiger partial charge on any atom is -0.459 e. The van der Waals surface area contributed by atoms with Crippen LogP contribution in [0.2, 0.25) is 0 Å². The Morgan fingerprint density at radius 2 is 1.83 bits per heavy atom. The van der Waals surface area contributed by atoms with E-state index in [0.717, 1.165) is 5.56 Å². The van der Waals surface area contributed by atoms with Gasteiger partial charge >= 0.3 is 0 Å². The largest absolute Gasteiger partial charge is 0.459 e. The number of hydrogen-bond acceptors (Lipinski definition) is 5. The summed E-state index contributed by atoms with van der Waals surface area (Å²) in [5.41, 5.74) is 1.73. The highest BCUT2D eigenvalue weighted by molar-refractivity contribution is 6.10. The Bertz CT molecular complexity index is 1070. The Hall–Kier alpha value is -4.20.